The van der Waals surface area contributed by atoms with Crippen LogP contribution in [-0.2, 0) is 11.0 Å². The van der Waals surface area contributed by atoms with E-state index < -0.39 is 29.8 Å². The minimum absolute atomic E-state index is 0.0416. The molecule has 2 rings (SSSR count). The van der Waals surface area contributed by atoms with Gasteiger partial charge < -0.3 is 15.3 Å². The highest BCUT2D eigenvalue weighted by Crippen LogP contribution is 2.30. The first kappa shape index (κ1) is 16.3. The molecule has 0 spiro atoms. The van der Waals surface area contributed by atoms with Gasteiger partial charge in [0.2, 0.25) is 5.91 Å². The molecule has 2 amide bonds. The highest BCUT2D eigenvalue weighted by atomic mass is 19.4. The Morgan fingerprint density at radius 3 is 2.59 bits per heavy atom. The van der Waals surface area contributed by atoms with Crippen molar-refractivity contribution in [2.24, 2.45) is 0 Å². The molecule has 120 valence electrons. The Morgan fingerprint density at radius 1 is 1.32 bits per heavy atom. The van der Waals surface area contributed by atoms with Gasteiger partial charge in [0.05, 0.1) is 17.7 Å². The van der Waals surface area contributed by atoms with Crippen molar-refractivity contribution in [3.8, 4) is 0 Å². The van der Waals surface area contributed by atoms with Gasteiger partial charge in [-0.25, -0.2) is 0 Å². The maximum Gasteiger partial charge on any atom is 0.416 e. The molecule has 2 N–H and O–H groups in total. The summed E-state index contributed by atoms with van der Waals surface area (Å²) in [5, 5.41) is 12.3. The van der Waals surface area contributed by atoms with Gasteiger partial charge in [0.1, 0.15) is 0 Å². The summed E-state index contributed by atoms with van der Waals surface area (Å²) in [6.07, 6.45) is -5.47. The van der Waals surface area contributed by atoms with Crippen molar-refractivity contribution in [1.29, 1.82) is 0 Å². The molecular formula is C14H15F3N2O3. The molecule has 5 nitrogen and oxygen atoms in total. The number of nitrogens with one attached hydrogen (secondary N) is 1. The molecule has 1 aromatic rings. The minimum Gasteiger partial charge on any atom is -0.389 e. The lowest BCUT2D eigenvalue weighted by atomic mass is 10.1. The van der Waals surface area contributed by atoms with E-state index in [9.17, 15) is 27.9 Å². The SMILES string of the molecule is CC(=O)N[C@@H]1CN(C(=O)c2cccc(C(F)(F)F)c2)C[C@H]1O. The Morgan fingerprint density at radius 2 is 2.00 bits per heavy atom. The average Bonchev–Trinajstić information content (AvgIpc) is 2.78. The van der Waals surface area contributed by atoms with E-state index in [-0.39, 0.29) is 24.6 Å². The summed E-state index contributed by atoms with van der Waals surface area (Å²) >= 11 is 0. The number of benzene rings is 1. The van der Waals surface area contributed by atoms with E-state index in [1.807, 2.05) is 0 Å². The quantitative estimate of drug-likeness (QED) is 0.856. The van der Waals surface area contributed by atoms with Crippen LogP contribution in [0, 0.1) is 0 Å². The van der Waals surface area contributed by atoms with Gasteiger partial charge in [-0.15, -0.1) is 0 Å². The fourth-order valence-corrected chi connectivity index (χ4v) is 2.37. The van der Waals surface area contributed by atoms with E-state index in [2.05, 4.69) is 5.32 Å². The van der Waals surface area contributed by atoms with E-state index in [0.29, 0.717) is 0 Å². The zero-order valence-corrected chi connectivity index (χ0v) is 11.7. The second-order valence-corrected chi connectivity index (χ2v) is 5.16. The number of aliphatic hydroxyl groups is 1. The molecule has 0 saturated carbocycles. The number of aliphatic hydroxyl groups excluding tert-OH is 1. The number of nitrogens with zero attached hydrogens (tertiary/aromatic N) is 1. The molecule has 0 radical (unpaired) electrons. The number of rotatable bonds is 2. The summed E-state index contributed by atoms with van der Waals surface area (Å²) in [5.74, 6) is -0.963. The topological polar surface area (TPSA) is 69.6 Å². The second kappa shape index (κ2) is 5.96. The van der Waals surface area contributed by atoms with Gasteiger partial charge in [-0.3, -0.25) is 9.59 Å². The normalized spacial score (nSPS) is 21.8. The molecule has 0 bridgehead atoms. The van der Waals surface area contributed by atoms with Crippen LogP contribution in [0.1, 0.15) is 22.8 Å². The van der Waals surface area contributed by atoms with Crippen molar-refractivity contribution in [2.75, 3.05) is 13.1 Å². The summed E-state index contributed by atoms with van der Waals surface area (Å²) in [6.45, 7) is 1.29. The Labute approximate surface area is 124 Å². The number of halogens is 3. The number of carbonyl (C=O) groups excluding carboxylic acids is 2. The van der Waals surface area contributed by atoms with Crippen LogP contribution in [0.5, 0.6) is 0 Å². The van der Waals surface area contributed by atoms with Crippen molar-refractivity contribution in [2.45, 2.75) is 25.2 Å². The van der Waals surface area contributed by atoms with Crippen LogP contribution in [0.4, 0.5) is 13.2 Å². The molecule has 1 heterocycles. The van der Waals surface area contributed by atoms with Crippen LogP contribution in [0.2, 0.25) is 0 Å². The van der Waals surface area contributed by atoms with Crippen molar-refractivity contribution >= 4 is 11.8 Å². The number of alkyl halides is 3. The zero-order chi connectivity index (χ0) is 16.5. The predicted octanol–water partition coefficient (Wildman–Crippen LogP) is 1.03. The highest BCUT2D eigenvalue weighted by Gasteiger charge is 2.36. The van der Waals surface area contributed by atoms with Crippen molar-refractivity contribution < 1.29 is 27.9 Å². The predicted molar refractivity (Wildman–Crippen MR) is 71.0 cm³/mol. The largest absolute Gasteiger partial charge is 0.416 e. The summed E-state index contributed by atoms with van der Waals surface area (Å²) in [7, 11) is 0. The Bertz CT molecular complexity index is 589. The van der Waals surface area contributed by atoms with Gasteiger partial charge in [0.15, 0.2) is 0 Å². The number of amides is 2. The first-order chi connectivity index (χ1) is 10.2. The third-order valence-corrected chi connectivity index (χ3v) is 3.40. The first-order valence-electron chi connectivity index (χ1n) is 6.60. The molecule has 1 saturated heterocycles. The van der Waals surface area contributed by atoms with Crippen LogP contribution < -0.4 is 5.32 Å². The molecule has 0 aromatic heterocycles. The molecule has 2 atom stereocenters. The Hall–Kier alpha value is -2.09. The Balaban J connectivity index is 2.14. The van der Waals surface area contributed by atoms with Crippen molar-refractivity contribution in [1.82, 2.24) is 10.2 Å². The van der Waals surface area contributed by atoms with E-state index in [0.717, 1.165) is 18.2 Å². The van der Waals surface area contributed by atoms with Crippen LogP contribution >= 0.6 is 0 Å². The third-order valence-electron chi connectivity index (χ3n) is 3.40. The standard InChI is InChI=1S/C14H15F3N2O3/c1-8(20)18-11-6-19(7-12(11)21)13(22)9-3-2-4-10(5-9)14(15,16)17/h2-5,11-12,21H,6-7H2,1H3,(H,18,20)/t11-,12-/m1/s1. The monoisotopic (exact) mass is 316 g/mol. The molecule has 1 aliphatic rings. The lowest BCUT2D eigenvalue weighted by molar-refractivity contribution is -0.137. The van der Waals surface area contributed by atoms with E-state index in [1.165, 1.54) is 17.9 Å². The van der Waals surface area contributed by atoms with Crippen molar-refractivity contribution in [3.63, 3.8) is 0 Å². The summed E-state index contributed by atoms with van der Waals surface area (Å²) in [5.41, 5.74) is -1.01. The molecule has 8 heteroatoms. The maximum atomic E-state index is 12.7. The van der Waals surface area contributed by atoms with Crippen molar-refractivity contribution in [3.05, 3.63) is 35.4 Å². The summed E-state index contributed by atoms with van der Waals surface area (Å²) < 4.78 is 38.0. The lowest BCUT2D eigenvalue weighted by Crippen LogP contribution is -2.41. The van der Waals surface area contributed by atoms with Crippen LogP contribution in [0.25, 0.3) is 0 Å². The molecule has 1 aromatic carbocycles. The zero-order valence-electron chi connectivity index (χ0n) is 11.7. The van der Waals surface area contributed by atoms with Crippen LogP contribution in [-0.4, -0.2) is 47.1 Å². The lowest BCUT2D eigenvalue weighted by Gasteiger charge is -2.17. The van der Waals surface area contributed by atoms with Gasteiger partial charge in [0, 0.05) is 25.6 Å². The molecule has 1 aliphatic heterocycles. The molecule has 0 unspecified atom stereocenters. The van der Waals surface area contributed by atoms with E-state index >= 15 is 0 Å². The van der Waals surface area contributed by atoms with Gasteiger partial charge in [-0.2, -0.15) is 13.2 Å². The number of hydrogen-bond donors (Lipinski definition) is 2. The fourth-order valence-electron chi connectivity index (χ4n) is 2.37. The van der Waals surface area contributed by atoms with Crippen LogP contribution in [0.3, 0.4) is 0 Å². The van der Waals surface area contributed by atoms with Gasteiger partial charge in [-0.05, 0) is 18.2 Å². The summed E-state index contributed by atoms with van der Waals surface area (Å²) in [4.78, 5) is 24.5. The fraction of sp³-hybridized carbons (Fsp3) is 0.429. The van der Waals surface area contributed by atoms with Gasteiger partial charge >= 0.3 is 6.18 Å². The van der Waals surface area contributed by atoms with E-state index in [4.69, 9.17) is 0 Å². The molecule has 22 heavy (non-hydrogen) atoms. The van der Waals surface area contributed by atoms with Gasteiger partial charge in [0.25, 0.3) is 5.91 Å². The van der Waals surface area contributed by atoms with E-state index in [1.54, 1.807) is 0 Å². The average molecular weight is 316 g/mol. The number of hydrogen-bond acceptors (Lipinski definition) is 3. The Kier molecular flexibility index (Phi) is 4.41. The second-order valence-electron chi connectivity index (χ2n) is 5.16. The summed E-state index contributed by atoms with van der Waals surface area (Å²) in [6, 6.07) is 3.49. The highest BCUT2D eigenvalue weighted by molar-refractivity contribution is 5.94. The van der Waals surface area contributed by atoms with Gasteiger partial charge in [-0.1, -0.05) is 6.07 Å². The molecular weight excluding hydrogens is 301 g/mol. The van der Waals surface area contributed by atoms with Crippen LogP contribution in [0.15, 0.2) is 24.3 Å². The number of β-amino-alcohol motifs (C(OH)–C–C–N with tert-alkyl or cyclic N) is 1. The number of likely N-dealkylation sites (tertiary alicyclic amines) is 1. The first-order valence-corrected chi connectivity index (χ1v) is 6.60. The minimum atomic E-state index is -4.53. The maximum absolute atomic E-state index is 12.7. The molecule has 1 fully saturated rings. The third kappa shape index (κ3) is 3.56. The smallest absolute Gasteiger partial charge is 0.389 e. The molecule has 0 aliphatic carbocycles. The number of carbonyl (C=O) groups is 2.